The second-order valence-electron chi connectivity index (χ2n) is 4.21. The van der Waals surface area contributed by atoms with Gasteiger partial charge in [-0.2, -0.15) is 5.10 Å². The quantitative estimate of drug-likeness (QED) is 0.798. The van der Waals surface area contributed by atoms with E-state index in [-0.39, 0.29) is 18.3 Å². The number of amides is 1. The van der Waals surface area contributed by atoms with Crippen molar-refractivity contribution in [2.75, 3.05) is 26.2 Å². The van der Waals surface area contributed by atoms with Gasteiger partial charge in [-0.3, -0.25) is 9.48 Å². The summed E-state index contributed by atoms with van der Waals surface area (Å²) in [7, 11) is 1.87. The van der Waals surface area contributed by atoms with E-state index in [4.69, 9.17) is 0 Å². The van der Waals surface area contributed by atoms with E-state index in [1.165, 1.54) is 0 Å². The monoisotopic (exact) mass is 258 g/mol. The van der Waals surface area contributed by atoms with Gasteiger partial charge in [0.2, 0.25) is 0 Å². The van der Waals surface area contributed by atoms with Crippen LogP contribution < -0.4 is 5.32 Å². The number of aryl methyl sites for hydroxylation is 2. The van der Waals surface area contributed by atoms with E-state index < -0.39 is 0 Å². The molecule has 2 heterocycles. The number of carbonyl (C=O) groups excluding carboxylic acids is 1. The summed E-state index contributed by atoms with van der Waals surface area (Å²) in [4.78, 5) is 14.2. The van der Waals surface area contributed by atoms with E-state index in [2.05, 4.69) is 10.4 Å². The van der Waals surface area contributed by atoms with Gasteiger partial charge in [-0.05, 0) is 13.8 Å². The van der Waals surface area contributed by atoms with Gasteiger partial charge in [0.05, 0.1) is 11.3 Å². The van der Waals surface area contributed by atoms with E-state index in [1.54, 1.807) is 4.68 Å². The number of nitrogens with one attached hydrogen (secondary N) is 1. The highest BCUT2D eigenvalue weighted by Gasteiger charge is 2.23. The van der Waals surface area contributed by atoms with Crippen LogP contribution in [0.3, 0.4) is 0 Å². The van der Waals surface area contributed by atoms with Crippen molar-refractivity contribution in [1.29, 1.82) is 0 Å². The number of nitrogens with zero attached hydrogens (tertiary/aromatic N) is 3. The van der Waals surface area contributed by atoms with Crippen molar-refractivity contribution in [3.63, 3.8) is 0 Å². The lowest BCUT2D eigenvalue weighted by molar-refractivity contribution is 0.0734. The van der Waals surface area contributed by atoms with Crippen molar-refractivity contribution in [1.82, 2.24) is 20.0 Å². The van der Waals surface area contributed by atoms with Crippen LogP contribution in [-0.4, -0.2) is 46.8 Å². The number of piperazine rings is 1. The van der Waals surface area contributed by atoms with E-state index in [1.807, 2.05) is 25.8 Å². The van der Waals surface area contributed by atoms with Crippen LogP contribution in [0.15, 0.2) is 0 Å². The Balaban J connectivity index is 0.00000144. The zero-order chi connectivity index (χ0) is 11.7. The SMILES string of the molecule is Cc1nn(C)c(C)c1C(=O)N1CCNCC1.Cl. The molecule has 1 N–H and O–H groups in total. The maximum absolute atomic E-state index is 12.3. The Morgan fingerprint density at radius 3 is 2.35 bits per heavy atom. The first-order chi connectivity index (χ1) is 7.61. The van der Waals surface area contributed by atoms with Crippen molar-refractivity contribution in [3.05, 3.63) is 17.0 Å². The summed E-state index contributed by atoms with van der Waals surface area (Å²) >= 11 is 0. The molecule has 0 spiro atoms. The van der Waals surface area contributed by atoms with Gasteiger partial charge in [0.25, 0.3) is 5.91 Å². The summed E-state index contributed by atoms with van der Waals surface area (Å²) in [6.45, 7) is 7.16. The van der Waals surface area contributed by atoms with Crippen LogP contribution >= 0.6 is 12.4 Å². The first-order valence-corrected chi connectivity index (χ1v) is 5.61. The lowest BCUT2D eigenvalue weighted by Crippen LogP contribution is -2.46. The van der Waals surface area contributed by atoms with Gasteiger partial charge >= 0.3 is 0 Å². The van der Waals surface area contributed by atoms with Crippen molar-refractivity contribution >= 4 is 18.3 Å². The van der Waals surface area contributed by atoms with Crippen molar-refractivity contribution < 1.29 is 4.79 Å². The molecular formula is C11H19ClN4O. The molecule has 1 saturated heterocycles. The molecule has 96 valence electrons. The third-order valence-electron chi connectivity index (χ3n) is 3.13. The van der Waals surface area contributed by atoms with Gasteiger partial charge in [-0.15, -0.1) is 12.4 Å². The fraction of sp³-hybridized carbons (Fsp3) is 0.636. The van der Waals surface area contributed by atoms with E-state index >= 15 is 0 Å². The van der Waals surface area contributed by atoms with Crippen LogP contribution in [0.2, 0.25) is 0 Å². The van der Waals surface area contributed by atoms with Gasteiger partial charge in [0.1, 0.15) is 0 Å². The minimum Gasteiger partial charge on any atom is -0.336 e. The van der Waals surface area contributed by atoms with E-state index in [0.717, 1.165) is 43.1 Å². The lowest BCUT2D eigenvalue weighted by atomic mass is 10.1. The lowest BCUT2D eigenvalue weighted by Gasteiger charge is -2.27. The molecule has 1 fully saturated rings. The summed E-state index contributed by atoms with van der Waals surface area (Å²) in [5, 5.41) is 7.52. The molecule has 5 nitrogen and oxygen atoms in total. The van der Waals surface area contributed by atoms with Gasteiger partial charge in [-0.1, -0.05) is 0 Å². The number of carbonyl (C=O) groups is 1. The van der Waals surface area contributed by atoms with E-state index in [9.17, 15) is 4.79 Å². The fourth-order valence-electron chi connectivity index (χ4n) is 2.11. The zero-order valence-corrected chi connectivity index (χ0v) is 11.3. The molecule has 0 unspecified atom stereocenters. The fourth-order valence-corrected chi connectivity index (χ4v) is 2.11. The van der Waals surface area contributed by atoms with Crippen LogP contribution in [0.25, 0.3) is 0 Å². The van der Waals surface area contributed by atoms with Gasteiger partial charge in [0.15, 0.2) is 0 Å². The molecule has 1 aromatic rings. The Morgan fingerprint density at radius 2 is 1.88 bits per heavy atom. The average molecular weight is 259 g/mol. The standard InChI is InChI=1S/C11H18N4O.ClH/c1-8-10(9(2)14(3)13-8)11(16)15-6-4-12-5-7-15;/h12H,4-7H2,1-3H3;1H. The highest BCUT2D eigenvalue weighted by atomic mass is 35.5. The first-order valence-electron chi connectivity index (χ1n) is 5.61. The molecule has 0 aromatic carbocycles. The molecule has 1 aliphatic rings. The Labute approximate surface area is 108 Å². The van der Waals surface area contributed by atoms with Crippen LogP contribution in [0, 0.1) is 13.8 Å². The minimum absolute atomic E-state index is 0. The third-order valence-corrected chi connectivity index (χ3v) is 3.13. The third kappa shape index (κ3) is 2.61. The first kappa shape index (κ1) is 14.0. The summed E-state index contributed by atoms with van der Waals surface area (Å²) in [6, 6.07) is 0. The Kier molecular flexibility index (Phi) is 4.54. The summed E-state index contributed by atoms with van der Waals surface area (Å²) in [5.74, 6) is 0.115. The van der Waals surface area contributed by atoms with Crippen LogP contribution in [0.4, 0.5) is 0 Å². The van der Waals surface area contributed by atoms with Gasteiger partial charge in [-0.25, -0.2) is 0 Å². The summed E-state index contributed by atoms with van der Waals surface area (Å²) < 4.78 is 1.77. The number of hydrogen-bond donors (Lipinski definition) is 1. The maximum Gasteiger partial charge on any atom is 0.257 e. The largest absolute Gasteiger partial charge is 0.336 e. The second kappa shape index (κ2) is 5.51. The highest BCUT2D eigenvalue weighted by molar-refractivity contribution is 5.96. The molecule has 0 aliphatic carbocycles. The second-order valence-corrected chi connectivity index (χ2v) is 4.21. The average Bonchev–Trinajstić information content (AvgIpc) is 2.54. The van der Waals surface area contributed by atoms with Crippen molar-refractivity contribution in [2.45, 2.75) is 13.8 Å². The maximum atomic E-state index is 12.3. The topological polar surface area (TPSA) is 50.2 Å². The molecule has 1 amide bonds. The minimum atomic E-state index is 0. The molecule has 2 rings (SSSR count). The molecule has 17 heavy (non-hydrogen) atoms. The Bertz CT molecular complexity index is 410. The van der Waals surface area contributed by atoms with Gasteiger partial charge < -0.3 is 10.2 Å². The normalized spacial score (nSPS) is 15.6. The molecular weight excluding hydrogens is 240 g/mol. The van der Waals surface area contributed by atoms with Crippen molar-refractivity contribution in [3.8, 4) is 0 Å². The predicted molar refractivity (Wildman–Crippen MR) is 68.7 cm³/mol. The molecule has 0 radical (unpaired) electrons. The predicted octanol–water partition coefficient (Wildman–Crippen LogP) is 0.504. The van der Waals surface area contributed by atoms with Crippen LogP contribution in [0.1, 0.15) is 21.7 Å². The molecule has 1 aliphatic heterocycles. The summed E-state index contributed by atoms with van der Waals surface area (Å²) in [6.07, 6.45) is 0. The highest BCUT2D eigenvalue weighted by Crippen LogP contribution is 2.14. The van der Waals surface area contributed by atoms with E-state index in [0.29, 0.717) is 0 Å². The molecule has 0 bridgehead atoms. The van der Waals surface area contributed by atoms with Crippen LogP contribution in [0.5, 0.6) is 0 Å². The molecule has 0 atom stereocenters. The number of halogens is 1. The van der Waals surface area contributed by atoms with Crippen molar-refractivity contribution in [2.24, 2.45) is 7.05 Å². The number of aromatic nitrogens is 2. The molecule has 1 aromatic heterocycles. The zero-order valence-electron chi connectivity index (χ0n) is 10.5. The molecule has 0 saturated carbocycles. The number of rotatable bonds is 1. The summed E-state index contributed by atoms with van der Waals surface area (Å²) in [5.41, 5.74) is 2.54. The van der Waals surface area contributed by atoms with Gasteiger partial charge in [0, 0.05) is 38.9 Å². The Morgan fingerprint density at radius 1 is 1.29 bits per heavy atom. The smallest absolute Gasteiger partial charge is 0.257 e. The molecule has 6 heteroatoms. The van der Waals surface area contributed by atoms with Crippen LogP contribution in [-0.2, 0) is 7.05 Å². The Hall–Kier alpha value is -1.07. The number of hydrogen-bond acceptors (Lipinski definition) is 3.